The second-order valence-electron chi connectivity index (χ2n) is 6.37. The number of hydrogen-bond acceptors (Lipinski definition) is 3. The number of ether oxygens (including phenoxy) is 1. The minimum atomic E-state index is -1.22. The first-order valence-electron chi connectivity index (χ1n) is 7.52. The number of rotatable bonds is 7. The average Bonchev–Trinajstić information content (AvgIpc) is 2.43. The van der Waals surface area contributed by atoms with E-state index in [-0.39, 0.29) is 4.75 Å². The highest BCUT2D eigenvalue weighted by Gasteiger charge is 2.25. The number of hydrogen-bond donors (Lipinski definition) is 0. The molecule has 0 fully saturated rings. The van der Waals surface area contributed by atoms with Gasteiger partial charge in [0, 0.05) is 0 Å². The van der Waals surface area contributed by atoms with Crippen molar-refractivity contribution in [3.8, 4) is 5.75 Å². The molecule has 1 aromatic carbocycles. The molecule has 0 saturated carbocycles. The summed E-state index contributed by atoms with van der Waals surface area (Å²) >= 11 is -1.22. The van der Waals surface area contributed by atoms with Crippen molar-refractivity contribution in [2.75, 3.05) is 6.61 Å². The van der Waals surface area contributed by atoms with Crippen LogP contribution in [0.4, 0.5) is 0 Å². The number of benzene rings is 1. The van der Waals surface area contributed by atoms with Crippen molar-refractivity contribution in [3.63, 3.8) is 0 Å². The SMILES string of the molecule is CCCC(C)COc1ccc(C=N[S+]([O-])C(C)(C)C)cc1. The van der Waals surface area contributed by atoms with Gasteiger partial charge in [0.15, 0.2) is 0 Å². The van der Waals surface area contributed by atoms with Crippen LogP contribution in [0.5, 0.6) is 5.75 Å². The van der Waals surface area contributed by atoms with Crippen molar-refractivity contribution < 1.29 is 9.29 Å². The summed E-state index contributed by atoms with van der Waals surface area (Å²) < 4.78 is 21.4. The Balaban J connectivity index is 2.52. The first-order valence-corrected chi connectivity index (χ1v) is 8.62. The second kappa shape index (κ2) is 8.44. The van der Waals surface area contributed by atoms with Crippen LogP contribution in [0.3, 0.4) is 0 Å². The zero-order valence-corrected chi connectivity index (χ0v) is 14.6. The first-order chi connectivity index (χ1) is 9.82. The lowest BCUT2D eigenvalue weighted by Crippen LogP contribution is -2.25. The van der Waals surface area contributed by atoms with Crippen molar-refractivity contribution in [3.05, 3.63) is 29.8 Å². The summed E-state index contributed by atoms with van der Waals surface area (Å²) in [6.45, 7) is 10.9. The first kappa shape index (κ1) is 18.1. The van der Waals surface area contributed by atoms with Crippen LogP contribution in [0.15, 0.2) is 28.7 Å². The predicted octanol–water partition coefficient (Wildman–Crippen LogP) is 4.38. The maximum Gasteiger partial charge on any atom is 0.144 e. The molecule has 3 nitrogen and oxygen atoms in total. The lowest BCUT2D eigenvalue weighted by atomic mass is 10.1. The van der Waals surface area contributed by atoms with Crippen LogP contribution in [0.1, 0.15) is 53.0 Å². The standard InChI is InChI=1S/C17H27NO2S/c1-6-7-14(2)13-20-16-10-8-15(9-11-16)12-18-21(19)17(3,4)5/h8-12,14H,6-7,13H2,1-5H3. The predicted molar refractivity (Wildman–Crippen MR) is 91.5 cm³/mol. The fourth-order valence-corrected chi connectivity index (χ4v) is 2.27. The van der Waals surface area contributed by atoms with Gasteiger partial charge < -0.3 is 9.29 Å². The van der Waals surface area contributed by atoms with Crippen LogP contribution in [0, 0.1) is 5.92 Å². The van der Waals surface area contributed by atoms with Crippen molar-refractivity contribution in [1.82, 2.24) is 0 Å². The normalized spacial score (nSPS) is 15.1. The third-order valence-electron chi connectivity index (χ3n) is 3.02. The van der Waals surface area contributed by atoms with Crippen LogP contribution < -0.4 is 4.74 Å². The van der Waals surface area contributed by atoms with Crippen LogP contribution >= 0.6 is 0 Å². The van der Waals surface area contributed by atoms with Gasteiger partial charge in [0.05, 0.1) is 12.8 Å². The third-order valence-corrected chi connectivity index (χ3v) is 4.36. The van der Waals surface area contributed by atoms with Gasteiger partial charge >= 0.3 is 0 Å². The second-order valence-corrected chi connectivity index (χ2v) is 8.30. The minimum absolute atomic E-state index is 0.324. The van der Waals surface area contributed by atoms with Gasteiger partial charge in [-0.25, -0.2) is 0 Å². The van der Waals surface area contributed by atoms with Gasteiger partial charge in [0.1, 0.15) is 21.9 Å². The largest absolute Gasteiger partial charge is 0.591 e. The summed E-state index contributed by atoms with van der Waals surface area (Å²) in [5, 5.41) is 0. The molecule has 0 spiro atoms. The van der Waals surface area contributed by atoms with E-state index >= 15 is 0 Å². The molecule has 0 N–H and O–H groups in total. The van der Waals surface area contributed by atoms with Gasteiger partial charge in [-0.05, 0) is 62.9 Å². The van der Waals surface area contributed by atoms with Crippen molar-refractivity contribution in [2.24, 2.45) is 10.3 Å². The van der Waals surface area contributed by atoms with E-state index in [0.29, 0.717) is 5.92 Å². The molecular formula is C17H27NO2S. The highest BCUT2D eigenvalue weighted by molar-refractivity contribution is 7.91. The van der Waals surface area contributed by atoms with E-state index in [9.17, 15) is 4.55 Å². The highest BCUT2D eigenvalue weighted by atomic mass is 32.2. The molecule has 0 saturated heterocycles. The summed E-state index contributed by atoms with van der Waals surface area (Å²) in [6, 6.07) is 7.73. The summed E-state index contributed by atoms with van der Waals surface area (Å²) in [7, 11) is 0. The monoisotopic (exact) mass is 309 g/mol. The molecule has 0 aliphatic heterocycles. The molecule has 1 aromatic rings. The van der Waals surface area contributed by atoms with Gasteiger partial charge in [-0.2, -0.15) is 0 Å². The molecule has 0 aliphatic carbocycles. The molecule has 4 heteroatoms. The molecule has 0 heterocycles. The fraction of sp³-hybridized carbons (Fsp3) is 0.588. The Labute approximate surface area is 132 Å². The lowest BCUT2D eigenvalue weighted by molar-refractivity contribution is 0.251. The Morgan fingerprint density at radius 2 is 1.90 bits per heavy atom. The Morgan fingerprint density at radius 1 is 1.29 bits per heavy atom. The topological polar surface area (TPSA) is 44.6 Å². The third kappa shape index (κ3) is 7.00. The molecule has 0 bridgehead atoms. The van der Waals surface area contributed by atoms with E-state index in [1.54, 1.807) is 6.21 Å². The Hall–Kier alpha value is -1.00. The molecule has 1 rings (SSSR count). The zero-order chi connectivity index (χ0) is 15.9. The Morgan fingerprint density at radius 3 is 2.43 bits per heavy atom. The quantitative estimate of drug-likeness (QED) is 0.554. The van der Waals surface area contributed by atoms with Gasteiger partial charge in [-0.1, -0.05) is 24.7 Å². The van der Waals surface area contributed by atoms with Gasteiger partial charge in [-0.15, -0.1) is 0 Å². The number of nitrogens with zero attached hydrogens (tertiary/aromatic N) is 1. The van der Waals surface area contributed by atoms with Crippen LogP contribution in [0.25, 0.3) is 0 Å². The molecule has 2 unspecified atom stereocenters. The maximum absolute atomic E-state index is 11.8. The summed E-state index contributed by atoms with van der Waals surface area (Å²) in [5.74, 6) is 1.44. The maximum atomic E-state index is 11.8. The van der Waals surface area contributed by atoms with Gasteiger partial charge in [0.25, 0.3) is 0 Å². The van der Waals surface area contributed by atoms with Gasteiger partial charge in [-0.3, -0.25) is 0 Å². The molecule has 0 radical (unpaired) electrons. The van der Waals surface area contributed by atoms with E-state index in [4.69, 9.17) is 4.74 Å². The smallest absolute Gasteiger partial charge is 0.144 e. The van der Waals surface area contributed by atoms with Crippen LogP contribution in [-0.2, 0) is 11.4 Å². The van der Waals surface area contributed by atoms with E-state index in [0.717, 1.165) is 17.9 Å². The Bertz CT molecular complexity index is 437. The summed E-state index contributed by atoms with van der Waals surface area (Å²) in [6.07, 6.45) is 4.03. The molecular weight excluding hydrogens is 282 g/mol. The minimum Gasteiger partial charge on any atom is -0.591 e. The molecule has 2 atom stereocenters. The summed E-state index contributed by atoms with van der Waals surface area (Å²) in [5.41, 5.74) is 0.932. The molecule has 0 aliphatic rings. The zero-order valence-electron chi connectivity index (χ0n) is 13.8. The summed E-state index contributed by atoms with van der Waals surface area (Å²) in [4.78, 5) is 0. The molecule has 21 heavy (non-hydrogen) atoms. The van der Waals surface area contributed by atoms with E-state index in [1.807, 2.05) is 45.0 Å². The highest BCUT2D eigenvalue weighted by Crippen LogP contribution is 2.18. The molecule has 118 valence electrons. The fourth-order valence-electron chi connectivity index (χ4n) is 1.73. The Kier molecular flexibility index (Phi) is 7.26. The van der Waals surface area contributed by atoms with Crippen molar-refractivity contribution in [2.45, 2.75) is 52.2 Å². The molecule has 0 amide bonds. The van der Waals surface area contributed by atoms with Crippen LogP contribution in [0.2, 0.25) is 0 Å². The van der Waals surface area contributed by atoms with Crippen molar-refractivity contribution in [1.29, 1.82) is 0 Å². The van der Waals surface area contributed by atoms with Crippen LogP contribution in [-0.4, -0.2) is 22.1 Å². The molecule has 0 aromatic heterocycles. The lowest BCUT2D eigenvalue weighted by Gasteiger charge is -2.17. The van der Waals surface area contributed by atoms with E-state index in [1.165, 1.54) is 12.8 Å². The van der Waals surface area contributed by atoms with E-state index in [2.05, 4.69) is 18.2 Å². The van der Waals surface area contributed by atoms with Crippen molar-refractivity contribution >= 4 is 17.6 Å². The van der Waals surface area contributed by atoms with E-state index < -0.39 is 11.4 Å². The van der Waals surface area contributed by atoms with Gasteiger partial charge in [0.2, 0.25) is 0 Å². The average molecular weight is 309 g/mol.